The first-order valence-electron chi connectivity index (χ1n) is 6.80. The van der Waals surface area contributed by atoms with Gasteiger partial charge in [0.1, 0.15) is 0 Å². The molecule has 0 bridgehead atoms. The highest BCUT2D eigenvalue weighted by Crippen LogP contribution is 2.02. The van der Waals surface area contributed by atoms with Gasteiger partial charge in [-0.1, -0.05) is 31.5 Å². The van der Waals surface area contributed by atoms with Crippen LogP contribution in [0.15, 0.2) is 24.3 Å². The molecule has 1 atom stereocenters. The molecule has 1 rings (SSSR count). The molecule has 110 valence electrons. The van der Waals surface area contributed by atoms with Gasteiger partial charge in [-0.05, 0) is 25.0 Å². The maximum atomic E-state index is 11.8. The molecule has 0 saturated heterocycles. The van der Waals surface area contributed by atoms with E-state index in [1.165, 1.54) is 0 Å². The lowest BCUT2D eigenvalue weighted by Crippen LogP contribution is -2.46. The van der Waals surface area contributed by atoms with Crippen LogP contribution in [0.4, 0.5) is 0 Å². The Balaban J connectivity index is 2.29. The van der Waals surface area contributed by atoms with Crippen molar-refractivity contribution in [3.05, 3.63) is 35.4 Å². The zero-order valence-corrected chi connectivity index (χ0v) is 12.3. The molecule has 0 saturated carbocycles. The van der Waals surface area contributed by atoms with E-state index in [1.807, 2.05) is 32.9 Å². The van der Waals surface area contributed by atoms with E-state index in [0.29, 0.717) is 18.7 Å². The second-order valence-corrected chi connectivity index (χ2v) is 5.18. The van der Waals surface area contributed by atoms with E-state index in [0.717, 1.165) is 5.56 Å². The third kappa shape index (κ3) is 5.01. The molecule has 0 radical (unpaired) electrons. The van der Waals surface area contributed by atoms with Gasteiger partial charge in [0.25, 0.3) is 5.91 Å². The van der Waals surface area contributed by atoms with E-state index in [9.17, 15) is 9.59 Å². The van der Waals surface area contributed by atoms with E-state index >= 15 is 0 Å². The van der Waals surface area contributed by atoms with E-state index in [4.69, 9.17) is 5.73 Å². The van der Waals surface area contributed by atoms with Gasteiger partial charge in [-0.3, -0.25) is 9.59 Å². The number of carbonyl (C=O) groups is 2. The number of amides is 2. The zero-order chi connectivity index (χ0) is 15.1. The summed E-state index contributed by atoms with van der Waals surface area (Å²) in [7, 11) is 0. The lowest BCUT2D eigenvalue weighted by molar-refractivity contribution is -0.123. The topological polar surface area (TPSA) is 84.2 Å². The van der Waals surface area contributed by atoms with Crippen LogP contribution in [-0.4, -0.2) is 30.9 Å². The summed E-state index contributed by atoms with van der Waals surface area (Å²) in [6, 6.07) is 6.81. The van der Waals surface area contributed by atoms with Crippen molar-refractivity contribution < 1.29 is 9.59 Å². The van der Waals surface area contributed by atoms with Crippen LogP contribution in [0.1, 0.15) is 29.8 Å². The Bertz CT molecular complexity index is 455. The molecule has 0 aliphatic heterocycles. The fraction of sp³-hybridized carbons (Fsp3) is 0.467. The summed E-state index contributed by atoms with van der Waals surface area (Å²) >= 11 is 0. The van der Waals surface area contributed by atoms with Crippen LogP contribution in [-0.2, 0) is 4.79 Å². The van der Waals surface area contributed by atoms with Gasteiger partial charge in [0, 0.05) is 18.7 Å². The van der Waals surface area contributed by atoms with E-state index in [-0.39, 0.29) is 17.7 Å². The summed E-state index contributed by atoms with van der Waals surface area (Å²) in [6.45, 7) is 6.50. The number of hydrogen-bond donors (Lipinski definition) is 3. The number of benzene rings is 1. The summed E-state index contributed by atoms with van der Waals surface area (Å²) in [5, 5.41) is 5.45. The third-order valence-electron chi connectivity index (χ3n) is 3.04. The zero-order valence-electron chi connectivity index (χ0n) is 12.3. The first kappa shape index (κ1) is 16.2. The van der Waals surface area contributed by atoms with Gasteiger partial charge in [-0.2, -0.15) is 0 Å². The minimum Gasteiger partial charge on any atom is -0.353 e. The van der Waals surface area contributed by atoms with Gasteiger partial charge in [0.2, 0.25) is 5.91 Å². The Morgan fingerprint density at radius 2 is 1.65 bits per heavy atom. The van der Waals surface area contributed by atoms with Crippen LogP contribution in [0, 0.1) is 12.8 Å². The van der Waals surface area contributed by atoms with E-state index < -0.39 is 6.04 Å². The number of aryl methyl sites for hydroxylation is 1. The van der Waals surface area contributed by atoms with Crippen molar-refractivity contribution in [2.75, 3.05) is 13.1 Å². The Morgan fingerprint density at radius 1 is 1.10 bits per heavy atom. The lowest BCUT2D eigenvalue weighted by Gasteiger charge is -2.15. The molecule has 0 aliphatic rings. The van der Waals surface area contributed by atoms with Gasteiger partial charge >= 0.3 is 0 Å². The molecular weight excluding hydrogens is 254 g/mol. The average Bonchev–Trinajstić information content (AvgIpc) is 2.42. The van der Waals surface area contributed by atoms with Crippen LogP contribution in [0.3, 0.4) is 0 Å². The van der Waals surface area contributed by atoms with Crippen molar-refractivity contribution in [1.82, 2.24) is 10.6 Å². The number of nitrogens with two attached hydrogens (primary N) is 1. The molecule has 0 aromatic heterocycles. The van der Waals surface area contributed by atoms with Crippen molar-refractivity contribution in [3.63, 3.8) is 0 Å². The molecule has 0 aliphatic carbocycles. The van der Waals surface area contributed by atoms with Crippen LogP contribution in [0.25, 0.3) is 0 Å². The first-order valence-corrected chi connectivity index (χ1v) is 6.80. The van der Waals surface area contributed by atoms with Crippen molar-refractivity contribution >= 4 is 11.8 Å². The summed E-state index contributed by atoms with van der Waals surface area (Å²) < 4.78 is 0. The number of nitrogens with one attached hydrogen (secondary N) is 2. The molecule has 1 aromatic carbocycles. The predicted molar refractivity (Wildman–Crippen MR) is 79.3 cm³/mol. The van der Waals surface area contributed by atoms with Crippen molar-refractivity contribution in [2.45, 2.75) is 26.8 Å². The summed E-state index contributed by atoms with van der Waals surface area (Å²) in [5.41, 5.74) is 7.43. The fourth-order valence-corrected chi connectivity index (χ4v) is 1.59. The summed E-state index contributed by atoms with van der Waals surface area (Å²) in [6.07, 6.45) is 0. The van der Waals surface area contributed by atoms with Gasteiger partial charge < -0.3 is 16.4 Å². The summed E-state index contributed by atoms with van der Waals surface area (Å²) in [5.74, 6) is -0.242. The van der Waals surface area contributed by atoms with Crippen molar-refractivity contribution in [2.24, 2.45) is 11.7 Å². The second kappa shape index (κ2) is 7.65. The van der Waals surface area contributed by atoms with Gasteiger partial charge in [0.15, 0.2) is 0 Å². The molecular formula is C15H23N3O2. The molecule has 2 amide bonds. The quantitative estimate of drug-likeness (QED) is 0.673. The minimum absolute atomic E-state index is 0.0946. The van der Waals surface area contributed by atoms with Crippen molar-refractivity contribution in [1.29, 1.82) is 0 Å². The van der Waals surface area contributed by atoms with Gasteiger partial charge in [0.05, 0.1) is 6.04 Å². The van der Waals surface area contributed by atoms with Crippen molar-refractivity contribution in [3.8, 4) is 0 Å². The Hall–Kier alpha value is -1.88. The molecule has 0 unspecified atom stereocenters. The van der Waals surface area contributed by atoms with Gasteiger partial charge in [-0.25, -0.2) is 0 Å². The second-order valence-electron chi connectivity index (χ2n) is 5.18. The molecule has 1 aromatic rings. The predicted octanol–water partition coefficient (Wildman–Crippen LogP) is 0.824. The molecule has 4 N–H and O–H groups in total. The highest BCUT2D eigenvalue weighted by atomic mass is 16.2. The molecule has 5 heteroatoms. The Labute approximate surface area is 119 Å². The largest absolute Gasteiger partial charge is 0.353 e. The Kier molecular flexibility index (Phi) is 6.18. The van der Waals surface area contributed by atoms with Gasteiger partial charge in [-0.15, -0.1) is 0 Å². The van der Waals surface area contributed by atoms with Crippen LogP contribution in [0.5, 0.6) is 0 Å². The third-order valence-corrected chi connectivity index (χ3v) is 3.04. The normalized spacial score (nSPS) is 12.1. The molecule has 20 heavy (non-hydrogen) atoms. The first-order chi connectivity index (χ1) is 9.41. The molecule has 0 heterocycles. The smallest absolute Gasteiger partial charge is 0.251 e. The standard InChI is InChI=1S/C15H23N3O2/c1-10(2)13(16)15(20)18-9-8-17-14(19)12-6-4-11(3)5-7-12/h4-7,10,13H,8-9,16H2,1-3H3,(H,17,19)(H,18,20)/t13-/m1/s1. The highest BCUT2D eigenvalue weighted by molar-refractivity contribution is 5.94. The number of rotatable bonds is 6. The highest BCUT2D eigenvalue weighted by Gasteiger charge is 2.16. The fourth-order valence-electron chi connectivity index (χ4n) is 1.59. The monoisotopic (exact) mass is 277 g/mol. The lowest BCUT2D eigenvalue weighted by atomic mass is 10.1. The van der Waals surface area contributed by atoms with Crippen LogP contribution in [0.2, 0.25) is 0 Å². The van der Waals surface area contributed by atoms with Crippen LogP contribution >= 0.6 is 0 Å². The molecule has 5 nitrogen and oxygen atoms in total. The Morgan fingerprint density at radius 3 is 2.20 bits per heavy atom. The number of hydrogen-bond acceptors (Lipinski definition) is 3. The molecule has 0 fully saturated rings. The summed E-state index contributed by atoms with van der Waals surface area (Å²) in [4.78, 5) is 23.4. The number of carbonyl (C=O) groups excluding carboxylic acids is 2. The SMILES string of the molecule is Cc1ccc(C(=O)NCCNC(=O)[C@H](N)C(C)C)cc1. The van der Waals surface area contributed by atoms with Crippen LogP contribution < -0.4 is 16.4 Å². The minimum atomic E-state index is -0.511. The maximum Gasteiger partial charge on any atom is 0.251 e. The average molecular weight is 277 g/mol. The van der Waals surface area contributed by atoms with E-state index in [2.05, 4.69) is 10.6 Å². The van der Waals surface area contributed by atoms with E-state index in [1.54, 1.807) is 12.1 Å². The molecule has 0 spiro atoms. The maximum absolute atomic E-state index is 11.8.